The molecule has 4 rings (SSSR count). The maximum Gasteiger partial charge on any atom is 0.187 e. The second kappa shape index (κ2) is 7.64. The van der Waals surface area contributed by atoms with Gasteiger partial charge in [0.1, 0.15) is 11.5 Å². The number of aromatic nitrogens is 1. The van der Waals surface area contributed by atoms with Gasteiger partial charge in [0, 0.05) is 16.6 Å². The van der Waals surface area contributed by atoms with Gasteiger partial charge in [-0.1, -0.05) is 30.3 Å². The zero-order valence-corrected chi connectivity index (χ0v) is 16.1. The first-order chi connectivity index (χ1) is 13.2. The Morgan fingerprint density at radius 1 is 0.815 bits per heavy atom. The molecule has 0 aliphatic heterocycles. The van der Waals surface area contributed by atoms with Crippen LogP contribution in [0.1, 0.15) is 11.1 Å². The minimum Gasteiger partial charge on any atom is -0.457 e. The molecule has 4 aromatic rings. The van der Waals surface area contributed by atoms with E-state index in [-0.39, 0.29) is 0 Å². The van der Waals surface area contributed by atoms with Crippen molar-refractivity contribution in [3.8, 4) is 22.8 Å². The van der Waals surface area contributed by atoms with Crippen LogP contribution in [0.4, 0.5) is 10.8 Å². The third kappa shape index (κ3) is 4.18. The van der Waals surface area contributed by atoms with Gasteiger partial charge in [-0.3, -0.25) is 0 Å². The summed E-state index contributed by atoms with van der Waals surface area (Å²) in [5.41, 5.74) is 5.70. The molecule has 3 aromatic carbocycles. The lowest BCUT2D eigenvalue weighted by Crippen LogP contribution is -1.90. The molecule has 0 aliphatic rings. The fourth-order valence-electron chi connectivity index (χ4n) is 2.72. The van der Waals surface area contributed by atoms with E-state index >= 15 is 0 Å². The maximum absolute atomic E-state index is 5.83. The van der Waals surface area contributed by atoms with Gasteiger partial charge in [0.05, 0.1) is 5.69 Å². The van der Waals surface area contributed by atoms with Crippen molar-refractivity contribution in [1.82, 2.24) is 4.98 Å². The van der Waals surface area contributed by atoms with E-state index in [1.807, 2.05) is 54.6 Å². The molecule has 0 bridgehead atoms. The van der Waals surface area contributed by atoms with Crippen molar-refractivity contribution in [1.29, 1.82) is 0 Å². The van der Waals surface area contributed by atoms with Crippen LogP contribution in [0.3, 0.4) is 0 Å². The number of benzene rings is 3. The number of para-hydroxylation sites is 1. The van der Waals surface area contributed by atoms with E-state index in [0.29, 0.717) is 0 Å². The van der Waals surface area contributed by atoms with Crippen LogP contribution in [0.15, 0.2) is 78.2 Å². The molecular formula is C23H20N2OS. The van der Waals surface area contributed by atoms with Crippen molar-refractivity contribution in [2.75, 3.05) is 5.32 Å². The highest BCUT2D eigenvalue weighted by Gasteiger charge is 2.06. The summed E-state index contributed by atoms with van der Waals surface area (Å²) in [5, 5.41) is 6.32. The summed E-state index contributed by atoms with van der Waals surface area (Å²) < 4.78 is 5.83. The Labute approximate surface area is 163 Å². The Bertz CT molecular complexity index is 1040. The Hall–Kier alpha value is -3.11. The minimum absolute atomic E-state index is 0.807. The SMILES string of the molecule is Cc1ccc(-c2csc(Nc3ccc(Oc4ccccc4)cc3)n2)cc1C. The van der Waals surface area contributed by atoms with Crippen molar-refractivity contribution < 1.29 is 4.74 Å². The van der Waals surface area contributed by atoms with Crippen molar-refractivity contribution in [3.05, 3.63) is 89.3 Å². The van der Waals surface area contributed by atoms with E-state index in [1.165, 1.54) is 11.1 Å². The van der Waals surface area contributed by atoms with E-state index in [4.69, 9.17) is 9.72 Å². The monoisotopic (exact) mass is 372 g/mol. The highest BCUT2D eigenvalue weighted by molar-refractivity contribution is 7.14. The first-order valence-electron chi connectivity index (χ1n) is 8.80. The van der Waals surface area contributed by atoms with Crippen LogP contribution in [-0.4, -0.2) is 4.98 Å². The predicted molar refractivity (Wildman–Crippen MR) is 113 cm³/mol. The van der Waals surface area contributed by atoms with Crippen LogP contribution in [0.25, 0.3) is 11.3 Å². The molecule has 0 unspecified atom stereocenters. The van der Waals surface area contributed by atoms with Gasteiger partial charge in [-0.05, 0) is 67.4 Å². The number of hydrogen-bond donors (Lipinski definition) is 1. The Kier molecular flexibility index (Phi) is 4.90. The highest BCUT2D eigenvalue weighted by Crippen LogP contribution is 2.29. The minimum atomic E-state index is 0.807. The summed E-state index contributed by atoms with van der Waals surface area (Å²) in [6, 6.07) is 24.1. The lowest BCUT2D eigenvalue weighted by atomic mass is 10.1. The van der Waals surface area contributed by atoms with E-state index in [9.17, 15) is 0 Å². The third-order valence-corrected chi connectivity index (χ3v) is 5.15. The molecule has 0 radical (unpaired) electrons. The molecule has 1 N–H and O–H groups in total. The lowest BCUT2D eigenvalue weighted by Gasteiger charge is -2.07. The molecule has 0 amide bonds. The van der Waals surface area contributed by atoms with Gasteiger partial charge in [-0.25, -0.2) is 4.98 Å². The van der Waals surface area contributed by atoms with Gasteiger partial charge in [0.25, 0.3) is 0 Å². The molecule has 134 valence electrons. The second-order valence-electron chi connectivity index (χ2n) is 6.40. The number of aryl methyl sites for hydroxylation is 2. The van der Waals surface area contributed by atoms with Crippen LogP contribution >= 0.6 is 11.3 Å². The quantitative estimate of drug-likeness (QED) is 0.411. The summed E-state index contributed by atoms with van der Waals surface area (Å²) in [7, 11) is 0. The molecule has 0 saturated heterocycles. The number of anilines is 2. The summed E-state index contributed by atoms with van der Waals surface area (Å²) in [4.78, 5) is 4.71. The second-order valence-corrected chi connectivity index (χ2v) is 7.26. The number of nitrogens with zero attached hydrogens (tertiary/aromatic N) is 1. The van der Waals surface area contributed by atoms with Crippen LogP contribution in [0.5, 0.6) is 11.5 Å². The number of nitrogens with one attached hydrogen (secondary N) is 1. The van der Waals surface area contributed by atoms with Gasteiger partial charge in [-0.15, -0.1) is 11.3 Å². The Morgan fingerprint density at radius 3 is 2.30 bits per heavy atom. The Balaban J connectivity index is 1.45. The van der Waals surface area contributed by atoms with Gasteiger partial charge in [0.2, 0.25) is 0 Å². The molecule has 0 fully saturated rings. The number of ether oxygens (including phenoxy) is 1. The van der Waals surface area contributed by atoms with Crippen molar-refractivity contribution >= 4 is 22.2 Å². The van der Waals surface area contributed by atoms with Gasteiger partial charge in [0.15, 0.2) is 5.13 Å². The standard InChI is InChI=1S/C23H20N2OS/c1-16-8-9-18(14-17(16)2)22-15-27-23(25-22)24-19-10-12-21(13-11-19)26-20-6-4-3-5-7-20/h3-15H,1-2H3,(H,24,25). The summed E-state index contributed by atoms with van der Waals surface area (Å²) in [6.07, 6.45) is 0. The molecule has 1 aromatic heterocycles. The zero-order chi connectivity index (χ0) is 18.6. The normalized spacial score (nSPS) is 10.6. The largest absolute Gasteiger partial charge is 0.457 e. The number of rotatable bonds is 5. The highest BCUT2D eigenvalue weighted by atomic mass is 32.1. The molecule has 0 aliphatic carbocycles. The average Bonchev–Trinajstić information content (AvgIpc) is 3.15. The van der Waals surface area contributed by atoms with Crippen molar-refractivity contribution in [2.45, 2.75) is 13.8 Å². The van der Waals surface area contributed by atoms with Crippen LogP contribution < -0.4 is 10.1 Å². The number of hydrogen-bond acceptors (Lipinski definition) is 4. The molecule has 3 nitrogen and oxygen atoms in total. The lowest BCUT2D eigenvalue weighted by molar-refractivity contribution is 0.483. The van der Waals surface area contributed by atoms with Crippen LogP contribution in [0.2, 0.25) is 0 Å². The molecule has 4 heteroatoms. The topological polar surface area (TPSA) is 34.1 Å². The smallest absolute Gasteiger partial charge is 0.187 e. The molecule has 1 heterocycles. The van der Waals surface area contributed by atoms with Crippen LogP contribution in [-0.2, 0) is 0 Å². The first kappa shape index (κ1) is 17.3. The molecule has 0 saturated carbocycles. The van der Waals surface area contributed by atoms with Crippen molar-refractivity contribution in [3.63, 3.8) is 0 Å². The van der Waals surface area contributed by atoms with E-state index in [2.05, 4.69) is 42.7 Å². The number of thiazole rings is 1. The zero-order valence-electron chi connectivity index (χ0n) is 15.3. The van der Waals surface area contributed by atoms with Gasteiger partial charge >= 0.3 is 0 Å². The fraction of sp³-hybridized carbons (Fsp3) is 0.0870. The molecule has 27 heavy (non-hydrogen) atoms. The predicted octanol–water partition coefficient (Wildman–Crippen LogP) is 6.96. The van der Waals surface area contributed by atoms with E-state index in [1.54, 1.807) is 11.3 Å². The third-order valence-electron chi connectivity index (χ3n) is 4.39. The average molecular weight is 372 g/mol. The summed E-state index contributed by atoms with van der Waals surface area (Å²) in [6.45, 7) is 4.25. The maximum atomic E-state index is 5.83. The van der Waals surface area contributed by atoms with Gasteiger partial charge in [-0.2, -0.15) is 0 Å². The molecule has 0 atom stereocenters. The summed E-state index contributed by atoms with van der Waals surface area (Å²) in [5.74, 6) is 1.64. The first-order valence-corrected chi connectivity index (χ1v) is 9.68. The van der Waals surface area contributed by atoms with Crippen molar-refractivity contribution in [2.24, 2.45) is 0 Å². The molecule has 0 spiro atoms. The van der Waals surface area contributed by atoms with E-state index < -0.39 is 0 Å². The van der Waals surface area contributed by atoms with Crippen LogP contribution in [0, 0.1) is 13.8 Å². The van der Waals surface area contributed by atoms with E-state index in [0.717, 1.165) is 33.6 Å². The van der Waals surface area contributed by atoms with Gasteiger partial charge < -0.3 is 10.1 Å². The molecular weight excluding hydrogens is 352 g/mol. The Morgan fingerprint density at radius 2 is 1.56 bits per heavy atom. The fourth-order valence-corrected chi connectivity index (χ4v) is 3.46. The summed E-state index contributed by atoms with van der Waals surface area (Å²) >= 11 is 1.60.